The highest BCUT2D eigenvalue weighted by Crippen LogP contribution is 2.35. The van der Waals surface area contributed by atoms with Gasteiger partial charge in [0.15, 0.2) is 16.4 Å². The number of nitrogens with one attached hydrogen (secondary N) is 1. The molecule has 2 rings (SSSR count). The molecule has 0 radical (unpaired) electrons. The van der Waals surface area contributed by atoms with E-state index in [4.69, 9.17) is 18.9 Å². The van der Waals surface area contributed by atoms with Crippen molar-refractivity contribution in [1.82, 2.24) is 0 Å². The second-order valence-electron chi connectivity index (χ2n) is 6.92. The Balaban J connectivity index is 2.27. The Morgan fingerprint density at radius 2 is 1.53 bits per heavy atom. The molecule has 1 N–H and O–H groups in total. The molecule has 0 bridgehead atoms. The van der Waals surface area contributed by atoms with Gasteiger partial charge in [0, 0.05) is 24.5 Å². The fourth-order valence-corrected chi connectivity index (χ4v) is 4.03. The number of hydrogen-bond donors (Lipinski definition) is 1. The van der Waals surface area contributed by atoms with Gasteiger partial charge in [-0.3, -0.25) is 9.59 Å². The minimum absolute atomic E-state index is 0.245. The number of carbonyl (C=O) groups is 2. The third-order valence-corrected chi connectivity index (χ3v) is 5.79. The highest BCUT2D eigenvalue weighted by atomic mass is 32.2. The molecule has 0 saturated carbocycles. The fourth-order valence-electron chi connectivity index (χ4n) is 2.95. The Labute approximate surface area is 198 Å². The van der Waals surface area contributed by atoms with Crippen LogP contribution in [-0.2, 0) is 29.9 Å². The zero-order valence-electron chi connectivity index (χ0n) is 19.5. The first kappa shape index (κ1) is 26.5. The van der Waals surface area contributed by atoms with E-state index in [1.807, 2.05) is 0 Å². The van der Waals surface area contributed by atoms with Crippen molar-refractivity contribution in [2.75, 3.05) is 40.4 Å². The second-order valence-corrected chi connectivity index (χ2v) is 8.81. The maximum absolute atomic E-state index is 12.8. The molecule has 0 heterocycles. The van der Waals surface area contributed by atoms with Gasteiger partial charge in [-0.05, 0) is 23.8 Å². The maximum atomic E-state index is 12.8. The first-order valence-electron chi connectivity index (χ1n) is 9.93. The van der Waals surface area contributed by atoms with E-state index in [0.717, 1.165) is 5.41 Å². The van der Waals surface area contributed by atoms with Gasteiger partial charge in [0.2, 0.25) is 0 Å². The Morgan fingerprint density at radius 3 is 2.06 bits per heavy atom. The molecule has 0 atom stereocenters. The summed E-state index contributed by atoms with van der Waals surface area (Å²) in [5, 5.41) is 3.60. The Morgan fingerprint density at radius 1 is 0.912 bits per heavy atom. The molecule has 0 aromatic heterocycles. The van der Waals surface area contributed by atoms with Crippen molar-refractivity contribution >= 4 is 33.5 Å². The zero-order chi connectivity index (χ0) is 25.3. The molecule has 2 aromatic carbocycles. The summed E-state index contributed by atoms with van der Waals surface area (Å²) in [5.41, 5.74) is 1.08. The summed E-state index contributed by atoms with van der Waals surface area (Å²) in [7, 11) is 2.08. The molecule has 1 amide bonds. The van der Waals surface area contributed by atoms with Crippen LogP contribution in [0, 0.1) is 0 Å². The number of methoxy groups -OCH3 is 4. The van der Waals surface area contributed by atoms with Crippen LogP contribution in [-0.4, -0.2) is 55.3 Å². The van der Waals surface area contributed by atoms with Crippen molar-refractivity contribution in [2.24, 2.45) is 0 Å². The minimum Gasteiger partial charge on any atom is -0.496 e. The first-order valence-corrected chi connectivity index (χ1v) is 11.6. The quantitative estimate of drug-likeness (QED) is 0.470. The van der Waals surface area contributed by atoms with Gasteiger partial charge in [0.05, 0.1) is 45.4 Å². The summed E-state index contributed by atoms with van der Waals surface area (Å²) >= 11 is 0. The summed E-state index contributed by atoms with van der Waals surface area (Å²) in [6, 6.07) is 7.81. The summed E-state index contributed by atoms with van der Waals surface area (Å²) in [6.45, 7) is 0.708. The van der Waals surface area contributed by atoms with Crippen molar-refractivity contribution in [3.05, 3.63) is 46.9 Å². The van der Waals surface area contributed by atoms with Crippen LogP contribution in [0.15, 0.2) is 35.7 Å². The van der Waals surface area contributed by atoms with Gasteiger partial charge < -0.3 is 29.0 Å². The number of ether oxygens (including phenoxy) is 5. The molecule has 0 aliphatic carbocycles. The molecular formula is C23H27NO9S. The van der Waals surface area contributed by atoms with E-state index < -0.39 is 28.3 Å². The van der Waals surface area contributed by atoms with Crippen LogP contribution in [0.3, 0.4) is 0 Å². The van der Waals surface area contributed by atoms with Crippen LogP contribution in [0.4, 0.5) is 5.69 Å². The monoisotopic (exact) mass is 493 g/mol. The lowest BCUT2D eigenvalue weighted by atomic mass is 10.1. The molecule has 184 valence electrons. The number of hydrogen-bond acceptors (Lipinski definition) is 9. The summed E-state index contributed by atoms with van der Waals surface area (Å²) in [5.74, 6) is 0.0395. The smallest absolute Gasteiger partial charge is 0.303 e. The average molecular weight is 494 g/mol. The van der Waals surface area contributed by atoms with Crippen molar-refractivity contribution < 1.29 is 41.7 Å². The first-order chi connectivity index (χ1) is 16.1. The molecule has 2 aromatic rings. The Kier molecular flexibility index (Phi) is 9.31. The summed E-state index contributed by atoms with van der Waals surface area (Å²) in [4.78, 5) is 22.9. The summed E-state index contributed by atoms with van der Waals surface area (Å²) in [6.07, 6.45) is 1.39. The lowest BCUT2D eigenvalue weighted by Crippen LogP contribution is -2.20. The maximum Gasteiger partial charge on any atom is 0.303 e. The van der Waals surface area contributed by atoms with Crippen LogP contribution >= 0.6 is 0 Å². The van der Waals surface area contributed by atoms with Gasteiger partial charge in [-0.15, -0.1) is 0 Å². The van der Waals surface area contributed by atoms with Gasteiger partial charge >= 0.3 is 5.97 Å². The normalized spacial score (nSPS) is 11.1. The predicted molar refractivity (Wildman–Crippen MR) is 126 cm³/mol. The van der Waals surface area contributed by atoms with Gasteiger partial charge in [-0.1, -0.05) is 6.07 Å². The molecule has 0 aliphatic heterocycles. The fraction of sp³-hybridized carbons (Fsp3) is 0.304. The van der Waals surface area contributed by atoms with Crippen LogP contribution in [0.5, 0.6) is 23.0 Å². The molecule has 0 aliphatic rings. The number of anilines is 1. The van der Waals surface area contributed by atoms with Crippen LogP contribution < -0.4 is 24.3 Å². The van der Waals surface area contributed by atoms with Crippen molar-refractivity contribution in [3.63, 3.8) is 0 Å². The minimum atomic E-state index is -3.73. The topological polar surface area (TPSA) is 126 Å². The van der Waals surface area contributed by atoms with Crippen molar-refractivity contribution in [3.8, 4) is 23.0 Å². The average Bonchev–Trinajstić information content (AvgIpc) is 2.80. The number of esters is 1. The molecule has 10 nitrogen and oxygen atoms in total. The lowest BCUT2D eigenvalue weighted by molar-refractivity contribution is -0.144. The Hall–Kier alpha value is -3.73. The standard InChI is InChI=1S/C23H27NO9S/c1-15(25)33-13-23(26)24-19-10-16(6-7-20(19)30-3)14-34(27,28)9-8-18-21(31-4)11-17(29-2)12-22(18)32-5/h6-12H,13-14H2,1-5H3,(H,24,26)/b9-8+. The predicted octanol–water partition coefficient (Wildman–Crippen LogP) is 2.81. The number of benzene rings is 2. The zero-order valence-corrected chi connectivity index (χ0v) is 20.4. The number of amides is 1. The molecule has 0 unspecified atom stereocenters. The molecule has 34 heavy (non-hydrogen) atoms. The Bertz CT molecular complexity index is 1150. The van der Waals surface area contributed by atoms with E-state index in [1.54, 1.807) is 18.2 Å². The van der Waals surface area contributed by atoms with Gasteiger partial charge in [0.1, 0.15) is 23.0 Å². The lowest BCUT2D eigenvalue weighted by Gasteiger charge is -2.13. The van der Waals surface area contributed by atoms with Gasteiger partial charge in [0.25, 0.3) is 5.91 Å². The van der Waals surface area contributed by atoms with Crippen LogP contribution in [0.1, 0.15) is 18.1 Å². The molecule has 0 spiro atoms. The second kappa shape index (κ2) is 11.9. The molecule has 0 saturated heterocycles. The molecule has 0 fully saturated rings. The van der Waals surface area contributed by atoms with E-state index >= 15 is 0 Å². The number of carbonyl (C=O) groups excluding carboxylic acids is 2. The van der Waals surface area contributed by atoms with E-state index in [-0.39, 0.29) is 11.4 Å². The highest BCUT2D eigenvalue weighted by molar-refractivity contribution is 7.93. The van der Waals surface area contributed by atoms with Gasteiger partial charge in [-0.2, -0.15) is 0 Å². The van der Waals surface area contributed by atoms with Crippen molar-refractivity contribution in [2.45, 2.75) is 12.7 Å². The third-order valence-electron chi connectivity index (χ3n) is 4.51. The third kappa shape index (κ3) is 7.41. The SMILES string of the molecule is COc1cc(OC)c(/C=C/S(=O)(=O)Cc2ccc(OC)c(NC(=O)COC(C)=O)c2)c(OC)c1. The van der Waals surface area contributed by atoms with E-state index in [1.165, 1.54) is 53.6 Å². The number of sulfone groups is 1. The van der Waals surface area contributed by atoms with Crippen LogP contribution in [0.25, 0.3) is 6.08 Å². The van der Waals surface area contributed by atoms with Gasteiger partial charge in [-0.25, -0.2) is 8.42 Å². The van der Waals surface area contributed by atoms with Crippen molar-refractivity contribution in [1.29, 1.82) is 0 Å². The summed E-state index contributed by atoms with van der Waals surface area (Å²) < 4.78 is 51.3. The largest absolute Gasteiger partial charge is 0.496 e. The van der Waals surface area contributed by atoms with Crippen LogP contribution in [0.2, 0.25) is 0 Å². The highest BCUT2D eigenvalue weighted by Gasteiger charge is 2.16. The van der Waals surface area contributed by atoms with E-state index in [2.05, 4.69) is 10.1 Å². The molecule has 11 heteroatoms. The number of rotatable bonds is 11. The van der Waals surface area contributed by atoms with E-state index in [9.17, 15) is 18.0 Å². The van der Waals surface area contributed by atoms with E-state index in [0.29, 0.717) is 34.1 Å². The molecular weight excluding hydrogens is 466 g/mol.